The zero-order valence-electron chi connectivity index (χ0n) is 23.1. The largest absolute Gasteiger partial charge is 0.380 e. The van der Waals surface area contributed by atoms with E-state index in [0.717, 1.165) is 4.90 Å². The van der Waals surface area contributed by atoms with E-state index in [1.54, 1.807) is 13.8 Å². The number of rotatable bonds is 9. The van der Waals surface area contributed by atoms with Gasteiger partial charge < -0.3 is 19.9 Å². The van der Waals surface area contributed by atoms with E-state index < -0.39 is 63.8 Å². The Morgan fingerprint density at radius 3 is 2.26 bits per heavy atom. The number of carbonyl (C=O) groups excluding carboxylic acids is 2. The molecule has 1 saturated carbocycles. The number of amides is 2. The predicted octanol–water partition coefficient (Wildman–Crippen LogP) is 5.66. The van der Waals surface area contributed by atoms with Crippen molar-refractivity contribution in [1.29, 1.82) is 0 Å². The Balaban J connectivity index is 1.80. The molecule has 1 aromatic heterocycles. The minimum absolute atomic E-state index is 0.0470. The van der Waals surface area contributed by atoms with E-state index in [-0.39, 0.29) is 61.6 Å². The van der Waals surface area contributed by atoms with E-state index in [2.05, 4.69) is 20.8 Å². The van der Waals surface area contributed by atoms with Gasteiger partial charge in [0.15, 0.2) is 11.9 Å². The Hall–Kier alpha value is -2.92. The number of ether oxygens (including phenoxy) is 1. The molecule has 42 heavy (non-hydrogen) atoms. The molecule has 2 heterocycles. The van der Waals surface area contributed by atoms with Gasteiger partial charge in [0.25, 0.3) is 5.91 Å². The van der Waals surface area contributed by atoms with Gasteiger partial charge in [-0.2, -0.15) is 0 Å². The second-order valence-electron chi connectivity index (χ2n) is 11.0. The summed E-state index contributed by atoms with van der Waals surface area (Å²) in [6.07, 6.45) is 0.0469. The number of halogens is 7. The molecular formula is C25H33F7N6O3S. The van der Waals surface area contributed by atoms with Crippen LogP contribution in [0.25, 0.3) is 0 Å². The number of benzene rings is 1. The third-order valence-corrected chi connectivity index (χ3v) is 8.65. The van der Waals surface area contributed by atoms with Crippen LogP contribution >= 0.6 is 10.2 Å². The molecule has 2 fully saturated rings. The first-order chi connectivity index (χ1) is 19.3. The summed E-state index contributed by atoms with van der Waals surface area (Å²) in [7, 11) is -8.61. The van der Waals surface area contributed by atoms with E-state index in [1.807, 2.05) is 0 Å². The summed E-state index contributed by atoms with van der Waals surface area (Å²) in [5, 5.41) is 13.5. The number of hydrogen-bond donors (Lipinski definition) is 2. The zero-order valence-corrected chi connectivity index (χ0v) is 23.9. The van der Waals surface area contributed by atoms with Crippen LogP contribution in [-0.2, 0) is 14.3 Å². The summed E-state index contributed by atoms with van der Waals surface area (Å²) < 4.78 is 102. The molecule has 0 bridgehead atoms. The molecule has 0 spiro atoms. The maximum Gasteiger partial charge on any atom is 0.310 e. The molecule has 1 aromatic carbocycles. The standard InChI is InChI=1S/C25H33F7N6O3S/c1-15(2)37-14-34-36-22(37)21(23(39)35-16-8-10-25(26,27)11-9-16)38(24(40)20-12-18(41-3)13-33-20)17-4-6-19(7-5-17)42(28,29,30,31)32/h4-7,14-16,18,20-21,33H,8-13H2,1-3H3,(H,35,39)/t18-,20-,21?/m1/s1. The summed E-state index contributed by atoms with van der Waals surface area (Å²) >= 11 is 0. The molecule has 1 aliphatic heterocycles. The Morgan fingerprint density at radius 2 is 1.74 bits per heavy atom. The van der Waals surface area contributed by atoms with Crippen molar-refractivity contribution in [2.75, 3.05) is 18.6 Å². The third-order valence-electron chi connectivity index (χ3n) is 7.49. The third kappa shape index (κ3) is 7.16. The van der Waals surface area contributed by atoms with Crippen molar-refractivity contribution >= 4 is 27.7 Å². The highest BCUT2D eigenvalue weighted by Gasteiger charge is 2.65. The van der Waals surface area contributed by atoms with Crippen molar-refractivity contribution in [3.05, 3.63) is 36.4 Å². The topological polar surface area (TPSA) is 101 Å². The van der Waals surface area contributed by atoms with Crippen LogP contribution in [0.4, 0.5) is 33.9 Å². The van der Waals surface area contributed by atoms with Crippen molar-refractivity contribution < 1.29 is 42.5 Å². The maximum absolute atomic E-state index is 14.0. The van der Waals surface area contributed by atoms with E-state index >= 15 is 0 Å². The van der Waals surface area contributed by atoms with Gasteiger partial charge in [-0.15, -0.1) is 10.2 Å². The lowest BCUT2D eigenvalue weighted by atomic mass is 9.92. The Bertz CT molecular complexity index is 1300. The lowest BCUT2D eigenvalue weighted by molar-refractivity contribution is -0.128. The predicted molar refractivity (Wildman–Crippen MR) is 141 cm³/mol. The van der Waals surface area contributed by atoms with Crippen molar-refractivity contribution in [3.8, 4) is 0 Å². The minimum atomic E-state index is -10.0. The highest BCUT2D eigenvalue weighted by atomic mass is 32.5. The summed E-state index contributed by atoms with van der Waals surface area (Å²) in [6.45, 7) is 3.74. The lowest BCUT2D eigenvalue weighted by Crippen LogP contribution is -2.52. The lowest BCUT2D eigenvalue weighted by Gasteiger charge is -2.41. The summed E-state index contributed by atoms with van der Waals surface area (Å²) in [5.74, 6) is -4.54. The Morgan fingerprint density at radius 1 is 1.12 bits per heavy atom. The van der Waals surface area contributed by atoms with Crippen molar-refractivity contribution in [3.63, 3.8) is 0 Å². The molecule has 2 aromatic rings. The van der Waals surface area contributed by atoms with Crippen molar-refractivity contribution in [2.24, 2.45) is 0 Å². The summed E-state index contributed by atoms with van der Waals surface area (Å²) in [5.41, 5.74) is -0.290. The van der Waals surface area contributed by atoms with Gasteiger partial charge >= 0.3 is 10.2 Å². The monoisotopic (exact) mass is 630 g/mol. The van der Waals surface area contributed by atoms with Crippen LogP contribution in [0.2, 0.25) is 0 Å². The van der Waals surface area contributed by atoms with Crippen LogP contribution in [0.1, 0.15) is 63.9 Å². The quantitative estimate of drug-likeness (QED) is 0.347. The number of anilines is 1. The molecule has 236 valence electrons. The summed E-state index contributed by atoms with van der Waals surface area (Å²) in [6, 6.07) is -1.93. The molecule has 2 N–H and O–H groups in total. The molecule has 1 unspecified atom stereocenters. The van der Waals surface area contributed by atoms with Crippen LogP contribution in [0.3, 0.4) is 0 Å². The van der Waals surface area contributed by atoms with Gasteiger partial charge in [-0.3, -0.25) is 14.5 Å². The van der Waals surface area contributed by atoms with Gasteiger partial charge in [-0.05, 0) is 57.4 Å². The molecule has 17 heteroatoms. The molecule has 3 atom stereocenters. The smallest absolute Gasteiger partial charge is 0.310 e. The molecule has 2 amide bonds. The molecule has 4 rings (SSSR count). The molecule has 0 radical (unpaired) electrons. The van der Waals surface area contributed by atoms with E-state index in [9.17, 15) is 37.8 Å². The SMILES string of the molecule is CO[C@H]1CN[C@@H](C(=O)N(c2ccc(S(F)(F)(F)(F)F)cc2)C(C(=O)NC2CCC(F)(F)CC2)c2nncn2C(C)C)C1. The first-order valence-corrected chi connectivity index (χ1v) is 15.3. The van der Waals surface area contributed by atoms with Gasteiger partial charge in [0.2, 0.25) is 11.8 Å². The Labute approximate surface area is 237 Å². The normalized spacial score (nSPS) is 23.7. The minimum Gasteiger partial charge on any atom is -0.380 e. The first kappa shape index (κ1) is 32.0. The van der Waals surface area contributed by atoms with E-state index in [1.165, 1.54) is 18.0 Å². The summed E-state index contributed by atoms with van der Waals surface area (Å²) in [4.78, 5) is 26.7. The second kappa shape index (κ2) is 10.7. The fraction of sp³-hybridized carbons (Fsp3) is 0.600. The van der Waals surface area contributed by atoms with E-state index in [0.29, 0.717) is 12.1 Å². The first-order valence-electron chi connectivity index (χ1n) is 13.3. The molecule has 9 nitrogen and oxygen atoms in total. The highest BCUT2D eigenvalue weighted by Crippen LogP contribution is 3.02. The van der Waals surface area contributed by atoms with Gasteiger partial charge in [0.05, 0.1) is 12.1 Å². The average molecular weight is 631 g/mol. The fourth-order valence-corrected chi connectivity index (χ4v) is 5.82. The fourth-order valence-electron chi connectivity index (χ4n) is 5.17. The van der Waals surface area contributed by atoms with Crippen molar-refractivity contribution in [2.45, 2.75) is 87.0 Å². The number of nitrogens with one attached hydrogen (secondary N) is 2. The van der Waals surface area contributed by atoms with E-state index in [4.69, 9.17) is 4.74 Å². The van der Waals surface area contributed by atoms with Gasteiger partial charge in [-0.1, -0.05) is 19.4 Å². The zero-order chi connectivity index (χ0) is 31.2. The average Bonchev–Trinajstić information content (AvgIpc) is 3.57. The molecule has 1 aliphatic carbocycles. The van der Waals surface area contributed by atoms with Crippen LogP contribution < -0.4 is 15.5 Å². The van der Waals surface area contributed by atoms with Crippen LogP contribution in [0.15, 0.2) is 35.5 Å². The van der Waals surface area contributed by atoms with Gasteiger partial charge in [0.1, 0.15) is 11.2 Å². The van der Waals surface area contributed by atoms with Crippen molar-refractivity contribution in [1.82, 2.24) is 25.4 Å². The number of hydrogen-bond acceptors (Lipinski definition) is 6. The molecular weight excluding hydrogens is 597 g/mol. The van der Waals surface area contributed by atoms with Crippen LogP contribution in [0.5, 0.6) is 0 Å². The molecule has 2 aliphatic rings. The Kier molecular flexibility index (Phi) is 8.12. The number of nitrogens with zero attached hydrogens (tertiary/aromatic N) is 4. The maximum atomic E-state index is 14.0. The van der Waals surface area contributed by atoms with Crippen LogP contribution in [0, 0.1) is 0 Å². The number of aromatic nitrogens is 3. The van der Waals surface area contributed by atoms with Gasteiger partial charge in [-0.25, -0.2) is 8.78 Å². The number of alkyl halides is 2. The highest BCUT2D eigenvalue weighted by molar-refractivity contribution is 8.45. The number of carbonyl (C=O) groups is 2. The number of methoxy groups -OCH3 is 1. The second-order valence-corrected chi connectivity index (χ2v) is 13.4. The van der Waals surface area contributed by atoms with Crippen LogP contribution in [-0.4, -0.2) is 64.3 Å². The molecule has 1 saturated heterocycles. The van der Waals surface area contributed by atoms with Gasteiger partial charge in [0, 0.05) is 44.3 Å².